The van der Waals surface area contributed by atoms with E-state index in [1.165, 1.54) is 18.4 Å². The first-order chi connectivity index (χ1) is 13.9. The molecule has 1 atom stereocenters. The Bertz CT molecular complexity index is 858. The number of hydrogen-bond donors (Lipinski definition) is 1. The van der Waals surface area contributed by atoms with E-state index in [2.05, 4.69) is 47.8 Å². The van der Waals surface area contributed by atoms with E-state index in [0.29, 0.717) is 19.1 Å². The topological polar surface area (TPSA) is 30.5 Å². The number of hydrogen-bond acceptors (Lipinski definition) is 3. The van der Waals surface area contributed by atoms with E-state index in [1.807, 2.05) is 36.4 Å². The second-order valence-electron chi connectivity index (χ2n) is 7.30. The minimum Gasteiger partial charge on any atom is -0.485 e. The molecule has 28 heavy (non-hydrogen) atoms. The van der Waals surface area contributed by atoms with Crippen molar-refractivity contribution >= 4 is 0 Å². The SMILES string of the molecule is c1ccc(COc2ccc(C3CCCNC3)cc2OCc2ccccc2)cc1. The van der Waals surface area contributed by atoms with Crippen LogP contribution in [-0.4, -0.2) is 13.1 Å². The lowest BCUT2D eigenvalue weighted by molar-refractivity contribution is 0.255. The van der Waals surface area contributed by atoms with Crippen LogP contribution in [0.4, 0.5) is 0 Å². The standard InChI is InChI=1S/C25H27NO2/c1-3-8-20(9-4-1)18-27-24-14-13-22(23-12-7-15-26-17-23)16-25(24)28-19-21-10-5-2-6-11-21/h1-6,8-11,13-14,16,23,26H,7,12,15,17-19H2. The van der Waals surface area contributed by atoms with Crippen LogP contribution in [0.3, 0.4) is 0 Å². The van der Waals surface area contributed by atoms with E-state index < -0.39 is 0 Å². The largest absolute Gasteiger partial charge is 0.485 e. The second kappa shape index (κ2) is 9.43. The lowest BCUT2D eigenvalue weighted by Gasteiger charge is -2.24. The molecule has 1 fully saturated rings. The molecule has 0 amide bonds. The molecule has 3 aromatic carbocycles. The normalized spacial score (nSPS) is 16.5. The van der Waals surface area contributed by atoms with Crippen molar-refractivity contribution in [1.29, 1.82) is 0 Å². The fraction of sp³-hybridized carbons (Fsp3) is 0.280. The van der Waals surface area contributed by atoms with Crippen molar-refractivity contribution < 1.29 is 9.47 Å². The Morgan fingerprint density at radius 3 is 2.00 bits per heavy atom. The van der Waals surface area contributed by atoms with Crippen molar-refractivity contribution in [3.05, 3.63) is 95.6 Å². The number of ether oxygens (including phenoxy) is 2. The average Bonchev–Trinajstić information content (AvgIpc) is 2.78. The maximum Gasteiger partial charge on any atom is 0.161 e. The molecule has 1 heterocycles. The Kier molecular flexibility index (Phi) is 6.25. The van der Waals surface area contributed by atoms with Gasteiger partial charge in [0.2, 0.25) is 0 Å². The summed E-state index contributed by atoms with van der Waals surface area (Å²) in [6, 6.07) is 26.9. The summed E-state index contributed by atoms with van der Waals surface area (Å²) in [5, 5.41) is 3.50. The third-order valence-corrected chi connectivity index (χ3v) is 5.21. The van der Waals surface area contributed by atoms with Crippen molar-refractivity contribution in [2.75, 3.05) is 13.1 Å². The fourth-order valence-corrected chi connectivity index (χ4v) is 3.62. The molecule has 0 saturated carbocycles. The lowest BCUT2D eigenvalue weighted by atomic mass is 9.91. The van der Waals surface area contributed by atoms with Crippen molar-refractivity contribution in [3.8, 4) is 11.5 Å². The minimum absolute atomic E-state index is 0.535. The van der Waals surface area contributed by atoms with Crippen molar-refractivity contribution in [2.45, 2.75) is 32.0 Å². The van der Waals surface area contributed by atoms with E-state index in [9.17, 15) is 0 Å². The van der Waals surface area contributed by atoms with E-state index in [-0.39, 0.29) is 0 Å². The highest BCUT2D eigenvalue weighted by atomic mass is 16.5. The smallest absolute Gasteiger partial charge is 0.161 e. The molecular formula is C25H27NO2. The highest BCUT2D eigenvalue weighted by Crippen LogP contribution is 2.34. The van der Waals surface area contributed by atoms with Gasteiger partial charge in [0.1, 0.15) is 13.2 Å². The number of piperidine rings is 1. The zero-order valence-corrected chi connectivity index (χ0v) is 16.1. The van der Waals surface area contributed by atoms with Gasteiger partial charge in [-0.2, -0.15) is 0 Å². The van der Waals surface area contributed by atoms with Crippen molar-refractivity contribution in [1.82, 2.24) is 5.32 Å². The Morgan fingerprint density at radius 2 is 1.39 bits per heavy atom. The molecule has 3 heteroatoms. The van der Waals surface area contributed by atoms with Crippen LogP contribution in [0, 0.1) is 0 Å². The summed E-state index contributed by atoms with van der Waals surface area (Å²) in [6.45, 7) is 3.22. The molecule has 3 aromatic rings. The van der Waals surface area contributed by atoms with Crippen LogP contribution in [-0.2, 0) is 13.2 Å². The van der Waals surface area contributed by atoms with Crippen LogP contribution in [0.2, 0.25) is 0 Å². The van der Waals surface area contributed by atoms with Gasteiger partial charge in [-0.3, -0.25) is 0 Å². The van der Waals surface area contributed by atoms with E-state index in [0.717, 1.165) is 35.7 Å². The van der Waals surface area contributed by atoms with Gasteiger partial charge in [0.25, 0.3) is 0 Å². The maximum atomic E-state index is 6.20. The molecule has 4 rings (SSSR count). The number of benzene rings is 3. The predicted octanol–water partition coefficient (Wildman–Crippen LogP) is 5.31. The minimum atomic E-state index is 0.535. The van der Waals surface area contributed by atoms with Crippen LogP contribution in [0.15, 0.2) is 78.9 Å². The molecule has 1 N–H and O–H groups in total. The maximum absolute atomic E-state index is 6.20. The quantitative estimate of drug-likeness (QED) is 0.609. The molecule has 1 aliphatic heterocycles. The summed E-state index contributed by atoms with van der Waals surface area (Å²) in [6.07, 6.45) is 2.44. The first-order valence-electron chi connectivity index (χ1n) is 10.1. The summed E-state index contributed by atoms with van der Waals surface area (Å²) in [5.41, 5.74) is 3.63. The van der Waals surface area contributed by atoms with Gasteiger partial charge in [-0.1, -0.05) is 66.7 Å². The Hall–Kier alpha value is -2.78. The summed E-state index contributed by atoms with van der Waals surface area (Å²) in [7, 11) is 0. The van der Waals surface area contributed by atoms with Crippen LogP contribution in [0.5, 0.6) is 11.5 Å². The second-order valence-corrected chi connectivity index (χ2v) is 7.30. The molecule has 1 unspecified atom stereocenters. The number of nitrogens with one attached hydrogen (secondary N) is 1. The molecule has 0 aliphatic carbocycles. The van der Waals surface area contributed by atoms with Crippen LogP contribution in [0.1, 0.15) is 35.4 Å². The molecule has 0 radical (unpaired) electrons. The van der Waals surface area contributed by atoms with Gasteiger partial charge < -0.3 is 14.8 Å². The van der Waals surface area contributed by atoms with Gasteiger partial charge in [-0.05, 0) is 54.1 Å². The molecule has 1 aliphatic rings. The third-order valence-electron chi connectivity index (χ3n) is 5.21. The van der Waals surface area contributed by atoms with Gasteiger partial charge in [0.05, 0.1) is 0 Å². The van der Waals surface area contributed by atoms with E-state index in [1.54, 1.807) is 0 Å². The Balaban J connectivity index is 1.52. The van der Waals surface area contributed by atoms with Crippen LogP contribution < -0.4 is 14.8 Å². The van der Waals surface area contributed by atoms with Crippen molar-refractivity contribution in [3.63, 3.8) is 0 Å². The lowest BCUT2D eigenvalue weighted by Crippen LogP contribution is -2.28. The number of rotatable bonds is 7. The molecule has 0 spiro atoms. The Labute approximate surface area is 167 Å². The highest BCUT2D eigenvalue weighted by Gasteiger charge is 2.17. The monoisotopic (exact) mass is 373 g/mol. The molecule has 144 valence electrons. The molecule has 0 bridgehead atoms. The van der Waals surface area contributed by atoms with Crippen LogP contribution in [0.25, 0.3) is 0 Å². The van der Waals surface area contributed by atoms with Gasteiger partial charge in [0.15, 0.2) is 11.5 Å². The van der Waals surface area contributed by atoms with Gasteiger partial charge in [-0.25, -0.2) is 0 Å². The molecular weight excluding hydrogens is 346 g/mol. The summed E-state index contributed by atoms with van der Waals surface area (Å²) in [4.78, 5) is 0. The third kappa shape index (κ3) is 4.93. The zero-order chi connectivity index (χ0) is 19.0. The summed E-state index contributed by atoms with van der Waals surface area (Å²) in [5.74, 6) is 2.16. The first-order valence-corrected chi connectivity index (χ1v) is 10.1. The van der Waals surface area contributed by atoms with Crippen LogP contribution >= 0.6 is 0 Å². The van der Waals surface area contributed by atoms with Crippen molar-refractivity contribution in [2.24, 2.45) is 0 Å². The van der Waals surface area contributed by atoms with Gasteiger partial charge in [0, 0.05) is 6.54 Å². The zero-order valence-electron chi connectivity index (χ0n) is 16.1. The Morgan fingerprint density at radius 1 is 0.750 bits per heavy atom. The fourth-order valence-electron chi connectivity index (χ4n) is 3.62. The molecule has 0 aromatic heterocycles. The predicted molar refractivity (Wildman–Crippen MR) is 113 cm³/mol. The average molecular weight is 373 g/mol. The highest BCUT2D eigenvalue weighted by molar-refractivity contribution is 5.44. The first kappa shape index (κ1) is 18.6. The van der Waals surface area contributed by atoms with Gasteiger partial charge >= 0.3 is 0 Å². The van der Waals surface area contributed by atoms with Gasteiger partial charge in [-0.15, -0.1) is 0 Å². The summed E-state index contributed by atoms with van der Waals surface area (Å²) >= 11 is 0. The van der Waals surface area contributed by atoms with E-state index >= 15 is 0 Å². The summed E-state index contributed by atoms with van der Waals surface area (Å²) < 4.78 is 12.3. The van der Waals surface area contributed by atoms with E-state index in [4.69, 9.17) is 9.47 Å². The molecule has 3 nitrogen and oxygen atoms in total. The molecule has 1 saturated heterocycles.